The molecule has 2 saturated heterocycles. The molecule has 4 rings (SSSR count). The molecule has 34 heavy (non-hydrogen) atoms. The third kappa shape index (κ3) is 5.29. The molecule has 7 nitrogen and oxygen atoms in total. The van der Waals surface area contributed by atoms with Crippen LogP contribution in [0, 0.1) is 6.92 Å². The summed E-state index contributed by atoms with van der Waals surface area (Å²) in [4.78, 5) is 20.4. The van der Waals surface area contributed by atoms with E-state index in [0.717, 1.165) is 51.3 Å². The fourth-order valence-corrected chi connectivity index (χ4v) is 5.70. The van der Waals surface area contributed by atoms with Gasteiger partial charge in [0.05, 0.1) is 10.5 Å². The summed E-state index contributed by atoms with van der Waals surface area (Å²) in [5.41, 5.74) is 3.95. The van der Waals surface area contributed by atoms with Gasteiger partial charge in [-0.2, -0.15) is 0 Å². The van der Waals surface area contributed by atoms with E-state index in [-0.39, 0.29) is 10.8 Å². The summed E-state index contributed by atoms with van der Waals surface area (Å²) >= 11 is 0. The number of carbonyl (C=O) groups is 1. The molecule has 0 saturated carbocycles. The molecule has 2 fully saturated rings. The summed E-state index contributed by atoms with van der Waals surface area (Å²) in [5, 5.41) is 0. The lowest BCUT2D eigenvalue weighted by Crippen LogP contribution is -2.48. The average Bonchev–Trinajstić information content (AvgIpc) is 2.85. The smallest absolute Gasteiger partial charge is 0.256 e. The molecular formula is C26H36N4O3S. The maximum atomic E-state index is 13.7. The first-order chi connectivity index (χ1) is 16.3. The molecule has 0 radical (unpaired) electrons. The summed E-state index contributed by atoms with van der Waals surface area (Å²) in [6, 6.07) is 13.5. The molecule has 184 valence electrons. The van der Waals surface area contributed by atoms with Gasteiger partial charge in [0.25, 0.3) is 5.91 Å². The third-order valence-electron chi connectivity index (χ3n) is 6.99. The predicted molar refractivity (Wildman–Crippen MR) is 136 cm³/mol. The summed E-state index contributed by atoms with van der Waals surface area (Å²) in [5.74, 6) is -0.0769. The van der Waals surface area contributed by atoms with E-state index in [1.165, 1.54) is 35.9 Å². The molecular weight excluding hydrogens is 448 g/mol. The highest BCUT2D eigenvalue weighted by Gasteiger charge is 2.28. The molecule has 0 bridgehead atoms. The molecule has 2 aliphatic rings. The van der Waals surface area contributed by atoms with Crippen molar-refractivity contribution in [2.24, 2.45) is 0 Å². The molecule has 2 aromatic carbocycles. The highest BCUT2D eigenvalue weighted by molar-refractivity contribution is 7.89. The van der Waals surface area contributed by atoms with Crippen LogP contribution in [-0.4, -0.2) is 81.8 Å². The number of nitrogens with zero attached hydrogens (tertiary/aromatic N) is 4. The lowest BCUT2D eigenvalue weighted by Gasteiger charge is -2.36. The average molecular weight is 485 g/mol. The van der Waals surface area contributed by atoms with Crippen LogP contribution in [0.3, 0.4) is 0 Å². The number of aryl methyl sites for hydroxylation is 1. The molecule has 0 aliphatic carbocycles. The standard InChI is InChI=1S/C26H36N4O3S/c1-21-9-5-6-10-22(21)20-28-15-17-30(18-16-28)26(31)24-19-23(34(32,33)27(2)3)11-12-25(24)29-13-7-4-8-14-29/h5-6,9-12,19H,4,7-8,13-18,20H2,1-3H3. The predicted octanol–water partition coefficient (Wildman–Crippen LogP) is 3.19. The second-order valence-electron chi connectivity index (χ2n) is 9.51. The van der Waals surface area contributed by atoms with E-state index in [0.29, 0.717) is 18.7 Å². The van der Waals surface area contributed by atoms with Crippen molar-refractivity contribution in [2.75, 3.05) is 58.3 Å². The molecule has 0 spiro atoms. The largest absolute Gasteiger partial charge is 0.371 e. The minimum absolute atomic E-state index is 0.0769. The van der Waals surface area contributed by atoms with Crippen molar-refractivity contribution in [1.29, 1.82) is 0 Å². The number of piperazine rings is 1. The van der Waals surface area contributed by atoms with E-state index in [4.69, 9.17) is 0 Å². The van der Waals surface area contributed by atoms with Crippen molar-refractivity contribution in [3.63, 3.8) is 0 Å². The lowest BCUT2D eigenvalue weighted by atomic mass is 10.1. The molecule has 0 aromatic heterocycles. The number of benzene rings is 2. The van der Waals surface area contributed by atoms with Crippen LogP contribution >= 0.6 is 0 Å². The van der Waals surface area contributed by atoms with Crippen molar-refractivity contribution in [2.45, 2.75) is 37.6 Å². The zero-order valence-corrected chi connectivity index (χ0v) is 21.4. The molecule has 2 heterocycles. The topological polar surface area (TPSA) is 64.2 Å². The third-order valence-corrected chi connectivity index (χ3v) is 8.80. The van der Waals surface area contributed by atoms with E-state index >= 15 is 0 Å². The van der Waals surface area contributed by atoms with Gasteiger partial charge in [0.2, 0.25) is 10.0 Å². The minimum Gasteiger partial charge on any atom is -0.371 e. The molecule has 1 amide bonds. The van der Waals surface area contributed by atoms with Gasteiger partial charge >= 0.3 is 0 Å². The quantitative estimate of drug-likeness (QED) is 0.630. The van der Waals surface area contributed by atoms with Gasteiger partial charge in [0, 0.05) is 65.6 Å². The van der Waals surface area contributed by atoms with Crippen LogP contribution in [0.1, 0.15) is 40.7 Å². The summed E-state index contributed by atoms with van der Waals surface area (Å²) in [6.45, 7) is 7.66. The van der Waals surface area contributed by atoms with Crippen LogP contribution in [-0.2, 0) is 16.6 Å². The number of hydrogen-bond acceptors (Lipinski definition) is 5. The zero-order chi connectivity index (χ0) is 24.3. The Hall–Kier alpha value is -2.42. The normalized spacial score (nSPS) is 17.9. The number of sulfonamides is 1. The van der Waals surface area contributed by atoms with Gasteiger partial charge in [-0.05, 0) is 55.5 Å². The molecule has 2 aromatic rings. The number of piperidine rings is 1. The maximum absolute atomic E-state index is 13.7. The van der Waals surface area contributed by atoms with Crippen molar-refractivity contribution in [3.8, 4) is 0 Å². The Kier molecular flexibility index (Phi) is 7.60. The van der Waals surface area contributed by atoms with Crippen molar-refractivity contribution in [1.82, 2.24) is 14.1 Å². The van der Waals surface area contributed by atoms with Crippen molar-refractivity contribution in [3.05, 3.63) is 59.2 Å². The van der Waals surface area contributed by atoms with E-state index in [2.05, 4.69) is 41.0 Å². The number of hydrogen-bond donors (Lipinski definition) is 0. The summed E-state index contributed by atoms with van der Waals surface area (Å²) in [6.07, 6.45) is 3.36. The van der Waals surface area contributed by atoms with Crippen LogP contribution in [0.15, 0.2) is 47.4 Å². The van der Waals surface area contributed by atoms with Crippen molar-refractivity contribution < 1.29 is 13.2 Å². The Morgan fingerprint density at radius 2 is 1.59 bits per heavy atom. The van der Waals surface area contributed by atoms with Gasteiger partial charge in [-0.15, -0.1) is 0 Å². The Morgan fingerprint density at radius 1 is 0.912 bits per heavy atom. The summed E-state index contributed by atoms with van der Waals surface area (Å²) in [7, 11) is -0.589. The SMILES string of the molecule is Cc1ccccc1CN1CCN(C(=O)c2cc(S(=O)(=O)N(C)C)ccc2N2CCCCC2)CC1. The first kappa shape index (κ1) is 24.7. The number of rotatable bonds is 6. The Labute approximate surface area is 204 Å². The summed E-state index contributed by atoms with van der Waals surface area (Å²) < 4.78 is 26.8. The fourth-order valence-electron chi connectivity index (χ4n) is 4.78. The first-order valence-corrected chi connectivity index (χ1v) is 13.6. The van der Waals surface area contributed by atoms with Gasteiger partial charge in [-0.3, -0.25) is 9.69 Å². The number of carbonyl (C=O) groups excluding carboxylic acids is 1. The van der Waals surface area contributed by atoms with Crippen LogP contribution in [0.2, 0.25) is 0 Å². The Balaban J connectivity index is 1.54. The van der Waals surface area contributed by atoms with Gasteiger partial charge in [0.1, 0.15) is 0 Å². The minimum atomic E-state index is -3.62. The molecule has 0 atom stereocenters. The van der Waals surface area contributed by atoms with Gasteiger partial charge in [0.15, 0.2) is 0 Å². The maximum Gasteiger partial charge on any atom is 0.256 e. The van der Waals surface area contributed by atoms with Crippen LogP contribution in [0.4, 0.5) is 5.69 Å². The van der Waals surface area contributed by atoms with Crippen LogP contribution < -0.4 is 4.90 Å². The monoisotopic (exact) mass is 484 g/mol. The van der Waals surface area contributed by atoms with Gasteiger partial charge in [-0.1, -0.05) is 24.3 Å². The highest BCUT2D eigenvalue weighted by Crippen LogP contribution is 2.29. The van der Waals surface area contributed by atoms with Gasteiger partial charge < -0.3 is 9.80 Å². The van der Waals surface area contributed by atoms with Gasteiger partial charge in [-0.25, -0.2) is 12.7 Å². The molecule has 8 heteroatoms. The van der Waals surface area contributed by atoms with E-state index < -0.39 is 10.0 Å². The second-order valence-corrected chi connectivity index (χ2v) is 11.7. The van der Waals surface area contributed by atoms with E-state index in [9.17, 15) is 13.2 Å². The Bertz CT molecular complexity index is 1120. The van der Waals surface area contributed by atoms with E-state index in [1.54, 1.807) is 12.1 Å². The van der Waals surface area contributed by atoms with Crippen LogP contribution in [0.5, 0.6) is 0 Å². The molecule has 0 unspecified atom stereocenters. The first-order valence-electron chi connectivity index (χ1n) is 12.1. The molecule has 2 aliphatic heterocycles. The second kappa shape index (κ2) is 10.5. The number of amides is 1. The van der Waals surface area contributed by atoms with Crippen molar-refractivity contribution >= 4 is 21.6 Å². The lowest BCUT2D eigenvalue weighted by molar-refractivity contribution is 0.0628. The van der Waals surface area contributed by atoms with Crippen LogP contribution in [0.25, 0.3) is 0 Å². The highest BCUT2D eigenvalue weighted by atomic mass is 32.2. The molecule has 0 N–H and O–H groups in total. The zero-order valence-electron chi connectivity index (χ0n) is 20.5. The Morgan fingerprint density at radius 3 is 2.24 bits per heavy atom. The number of anilines is 1. The fraction of sp³-hybridized carbons (Fsp3) is 0.500. The van der Waals surface area contributed by atoms with E-state index in [1.807, 2.05) is 11.0 Å².